The molecule has 0 radical (unpaired) electrons. The Labute approximate surface area is 101 Å². The zero-order valence-corrected chi connectivity index (χ0v) is 10.9. The van der Waals surface area contributed by atoms with Gasteiger partial charge in [0.05, 0.1) is 10.7 Å². The van der Waals surface area contributed by atoms with Crippen LogP contribution in [-0.4, -0.2) is 11.0 Å². The van der Waals surface area contributed by atoms with Gasteiger partial charge in [0, 0.05) is 29.3 Å². The number of nitrogens with zero attached hydrogens (tertiary/aromatic N) is 1. The lowest BCUT2D eigenvalue weighted by Crippen LogP contribution is -2.21. The molecule has 0 amide bonds. The SMILES string of the molecule is CC(C)NCc1sc(C2CC2)nc1C1CC1. The van der Waals surface area contributed by atoms with Crippen molar-refractivity contribution in [1.29, 1.82) is 0 Å². The van der Waals surface area contributed by atoms with Crippen molar-refractivity contribution in [3.05, 3.63) is 15.6 Å². The molecule has 16 heavy (non-hydrogen) atoms. The highest BCUT2D eigenvalue weighted by Crippen LogP contribution is 2.47. The van der Waals surface area contributed by atoms with Crippen molar-refractivity contribution in [2.24, 2.45) is 0 Å². The topological polar surface area (TPSA) is 24.9 Å². The van der Waals surface area contributed by atoms with Crippen LogP contribution in [0.15, 0.2) is 0 Å². The highest BCUT2D eigenvalue weighted by atomic mass is 32.1. The summed E-state index contributed by atoms with van der Waals surface area (Å²) in [5.41, 5.74) is 1.43. The van der Waals surface area contributed by atoms with Crippen molar-refractivity contribution >= 4 is 11.3 Å². The van der Waals surface area contributed by atoms with Crippen LogP contribution in [0.3, 0.4) is 0 Å². The van der Waals surface area contributed by atoms with Crippen LogP contribution >= 0.6 is 11.3 Å². The minimum atomic E-state index is 0.568. The average Bonchev–Trinajstić information content (AvgIpc) is 3.12. The number of thiazole rings is 1. The molecule has 2 fully saturated rings. The predicted molar refractivity (Wildman–Crippen MR) is 68.0 cm³/mol. The molecular formula is C13H20N2S. The fourth-order valence-corrected chi connectivity index (χ4v) is 3.26. The van der Waals surface area contributed by atoms with Crippen LogP contribution in [0.5, 0.6) is 0 Å². The van der Waals surface area contributed by atoms with E-state index < -0.39 is 0 Å². The molecule has 0 aromatic carbocycles. The molecular weight excluding hydrogens is 216 g/mol. The van der Waals surface area contributed by atoms with E-state index in [2.05, 4.69) is 19.2 Å². The second-order valence-corrected chi connectivity index (χ2v) is 6.56. The van der Waals surface area contributed by atoms with Crippen LogP contribution in [0, 0.1) is 0 Å². The van der Waals surface area contributed by atoms with Crippen LogP contribution < -0.4 is 5.32 Å². The van der Waals surface area contributed by atoms with Crippen LogP contribution in [0.25, 0.3) is 0 Å². The maximum absolute atomic E-state index is 4.89. The first-order valence-electron chi connectivity index (χ1n) is 6.47. The van der Waals surface area contributed by atoms with E-state index >= 15 is 0 Å². The van der Waals surface area contributed by atoms with Crippen molar-refractivity contribution in [3.63, 3.8) is 0 Å². The van der Waals surface area contributed by atoms with Gasteiger partial charge in [0.15, 0.2) is 0 Å². The van der Waals surface area contributed by atoms with E-state index in [1.807, 2.05) is 11.3 Å². The van der Waals surface area contributed by atoms with E-state index in [4.69, 9.17) is 4.98 Å². The van der Waals surface area contributed by atoms with Crippen LogP contribution in [-0.2, 0) is 6.54 Å². The summed E-state index contributed by atoms with van der Waals surface area (Å²) < 4.78 is 0. The standard InChI is InChI=1S/C13H20N2S/c1-8(2)14-7-11-12(9-3-4-9)15-13(16-11)10-5-6-10/h8-10,14H,3-7H2,1-2H3. The highest BCUT2D eigenvalue weighted by Gasteiger charge is 2.33. The molecule has 0 spiro atoms. The maximum atomic E-state index is 4.89. The highest BCUT2D eigenvalue weighted by molar-refractivity contribution is 7.11. The Bertz CT molecular complexity index is 375. The van der Waals surface area contributed by atoms with Gasteiger partial charge in [0.25, 0.3) is 0 Å². The lowest BCUT2D eigenvalue weighted by Gasteiger charge is -2.07. The van der Waals surface area contributed by atoms with Gasteiger partial charge in [-0.05, 0) is 25.7 Å². The van der Waals surface area contributed by atoms with Crippen LogP contribution in [0.4, 0.5) is 0 Å². The Balaban J connectivity index is 1.77. The van der Waals surface area contributed by atoms with Crippen LogP contribution in [0.2, 0.25) is 0 Å². The van der Waals surface area contributed by atoms with Crippen molar-refractivity contribution in [3.8, 4) is 0 Å². The molecule has 88 valence electrons. The third kappa shape index (κ3) is 2.30. The summed E-state index contributed by atoms with van der Waals surface area (Å²) in [6.07, 6.45) is 5.47. The van der Waals surface area contributed by atoms with Crippen molar-refractivity contribution in [2.75, 3.05) is 0 Å². The first kappa shape index (κ1) is 10.7. The monoisotopic (exact) mass is 236 g/mol. The average molecular weight is 236 g/mol. The van der Waals surface area contributed by atoms with E-state index in [0.717, 1.165) is 18.4 Å². The fourth-order valence-electron chi connectivity index (χ4n) is 1.99. The van der Waals surface area contributed by atoms with Gasteiger partial charge in [-0.15, -0.1) is 11.3 Å². The summed E-state index contributed by atoms with van der Waals surface area (Å²) >= 11 is 1.97. The molecule has 0 atom stereocenters. The fraction of sp³-hybridized carbons (Fsp3) is 0.769. The predicted octanol–water partition coefficient (Wildman–Crippen LogP) is 3.40. The summed E-state index contributed by atoms with van der Waals surface area (Å²) in [6, 6.07) is 0.568. The third-order valence-corrected chi connectivity index (χ3v) is 4.54. The van der Waals surface area contributed by atoms with Crippen molar-refractivity contribution in [1.82, 2.24) is 10.3 Å². The number of rotatable bonds is 5. The quantitative estimate of drug-likeness (QED) is 0.847. The molecule has 2 aliphatic rings. The van der Waals surface area contributed by atoms with Gasteiger partial charge in [-0.1, -0.05) is 13.8 Å². The zero-order valence-electron chi connectivity index (χ0n) is 10.1. The smallest absolute Gasteiger partial charge is 0.0962 e. The van der Waals surface area contributed by atoms with Gasteiger partial charge >= 0.3 is 0 Å². The van der Waals surface area contributed by atoms with Crippen LogP contribution in [0.1, 0.15) is 66.9 Å². The number of hydrogen-bond donors (Lipinski definition) is 1. The Hall–Kier alpha value is -0.410. The molecule has 2 nitrogen and oxygen atoms in total. The summed E-state index contributed by atoms with van der Waals surface area (Å²) in [4.78, 5) is 6.40. The Morgan fingerprint density at radius 1 is 1.25 bits per heavy atom. The number of aromatic nitrogens is 1. The van der Waals surface area contributed by atoms with E-state index in [1.54, 1.807) is 0 Å². The lowest BCUT2D eigenvalue weighted by atomic mass is 10.2. The van der Waals surface area contributed by atoms with E-state index in [0.29, 0.717) is 6.04 Å². The molecule has 1 aromatic heterocycles. The van der Waals surface area contributed by atoms with Crippen molar-refractivity contribution < 1.29 is 0 Å². The second kappa shape index (κ2) is 4.11. The van der Waals surface area contributed by atoms with Gasteiger partial charge in [0.2, 0.25) is 0 Å². The molecule has 3 rings (SSSR count). The van der Waals surface area contributed by atoms with Crippen molar-refractivity contribution in [2.45, 2.75) is 64.0 Å². The zero-order chi connectivity index (χ0) is 11.1. The van der Waals surface area contributed by atoms with E-state index in [1.165, 1.54) is 41.3 Å². The van der Waals surface area contributed by atoms with Gasteiger partial charge in [-0.25, -0.2) is 4.98 Å². The molecule has 0 saturated heterocycles. The first-order chi connectivity index (χ1) is 7.74. The van der Waals surface area contributed by atoms with E-state index in [-0.39, 0.29) is 0 Å². The second-order valence-electron chi connectivity index (χ2n) is 5.44. The molecule has 1 aromatic rings. The molecule has 2 aliphatic carbocycles. The minimum absolute atomic E-state index is 0.568. The van der Waals surface area contributed by atoms with Gasteiger partial charge in [0.1, 0.15) is 0 Å². The molecule has 0 unspecified atom stereocenters. The Morgan fingerprint density at radius 2 is 1.94 bits per heavy atom. The maximum Gasteiger partial charge on any atom is 0.0962 e. The number of nitrogens with one attached hydrogen (secondary N) is 1. The Kier molecular flexibility index (Phi) is 2.76. The van der Waals surface area contributed by atoms with Gasteiger partial charge < -0.3 is 5.32 Å². The number of hydrogen-bond acceptors (Lipinski definition) is 3. The minimum Gasteiger partial charge on any atom is -0.310 e. The first-order valence-corrected chi connectivity index (χ1v) is 7.28. The molecule has 1 N–H and O–H groups in total. The van der Waals surface area contributed by atoms with E-state index in [9.17, 15) is 0 Å². The molecule has 0 bridgehead atoms. The third-order valence-electron chi connectivity index (χ3n) is 3.31. The van der Waals surface area contributed by atoms with Gasteiger partial charge in [-0.3, -0.25) is 0 Å². The molecule has 2 saturated carbocycles. The molecule has 1 heterocycles. The molecule has 0 aliphatic heterocycles. The molecule has 3 heteroatoms. The summed E-state index contributed by atoms with van der Waals surface area (Å²) in [5.74, 6) is 1.61. The largest absolute Gasteiger partial charge is 0.310 e. The van der Waals surface area contributed by atoms with Gasteiger partial charge in [-0.2, -0.15) is 0 Å². The summed E-state index contributed by atoms with van der Waals surface area (Å²) in [7, 11) is 0. The summed E-state index contributed by atoms with van der Waals surface area (Å²) in [6.45, 7) is 5.44. The summed E-state index contributed by atoms with van der Waals surface area (Å²) in [5, 5.41) is 4.95. The normalized spacial score (nSPS) is 20.7. The lowest BCUT2D eigenvalue weighted by molar-refractivity contribution is 0.590. The Morgan fingerprint density at radius 3 is 2.50 bits per heavy atom.